The molecule has 8 heteroatoms. The van der Waals surface area contributed by atoms with E-state index in [0.29, 0.717) is 12.8 Å². The first-order valence-electron chi connectivity index (χ1n) is 6.68. The summed E-state index contributed by atoms with van der Waals surface area (Å²) >= 11 is 0. The lowest BCUT2D eigenvalue weighted by molar-refractivity contribution is -0.227. The summed E-state index contributed by atoms with van der Waals surface area (Å²) < 4.78 is 5.21. The highest BCUT2D eigenvalue weighted by atomic mass is 16.5. The number of carbonyl (C=O) groups excluding carboxylic acids is 1. The first-order chi connectivity index (χ1) is 9.42. The highest BCUT2D eigenvalue weighted by Gasteiger charge is 2.43. The molecule has 2 unspecified atom stereocenters. The maximum atomic E-state index is 11.5. The largest absolute Gasteiger partial charge is 0.394 e. The highest BCUT2D eigenvalue weighted by molar-refractivity contribution is 5.80. The van der Waals surface area contributed by atoms with Crippen LogP contribution >= 0.6 is 0 Å². The monoisotopic (exact) mass is 293 g/mol. The van der Waals surface area contributed by atoms with Gasteiger partial charge < -0.3 is 35.6 Å². The summed E-state index contributed by atoms with van der Waals surface area (Å²) in [6.45, 7) is 1.17. The molecule has 1 aliphatic heterocycles. The standard InChI is InChI=1S/C12H23NO7/c1-2-3-6(15)12(19)13-4-7-9(16)11(18)10(17)8(5-14)20-7/h6-11,14-18H,2-5H2,1H3,(H,13,19)/t6?,7?,8-,9+,10-,11-/m1/s1. The van der Waals surface area contributed by atoms with Crippen molar-refractivity contribution in [1.29, 1.82) is 0 Å². The molecule has 1 saturated heterocycles. The third-order valence-electron chi connectivity index (χ3n) is 3.33. The predicted molar refractivity (Wildman–Crippen MR) is 67.7 cm³/mol. The van der Waals surface area contributed by atoms with Crippen molar-refractivity contribution in [3.05, 3.63) is 0 Å². The van der Waals surface area contributed by atoms with Crippen molar-refractivity contribution in [3.8, 4) is 0 Å². The van der Waals surface area contributed by atoms with Gasteiger partial charge in [0.25, 0.3) is 0 Å². The molecule has 0 bridgehead atoms. The van der Waals surface area contributed by atoms with Crippen LogP contribution in [0.5, 0.6) is 0 Å². The van der Waals surface area contributed by atoms with Gasteiger partial charge >= 0.3 is 0 Å². The van der Waals surface area contributed by atoms with Crippen molar-refractivity contribution in [2.24, 2.45) is 0 Å². The molecule has 8 nitrogen and oxygen atoms in total. The summed E-state index contributed by atoms with van der Waals surface area (Å²) in [6, 6.07) is 0. The van der Waals surface area contributed by atoms with Crippen LogP contribution < -0.4 is 5.32 Å². The Balaban J connectivity index is 2.52. The second-order valence-corrected chi connectivity index (χ2v) is 4.92. The van der Waals surface area contributed by atoms with E-state index in [1.54, 1.807) is 0 Å². The van der Waals surface area contributed by atoms with Crippen molar-refractivity contribution in [3.63, 3.8) is 0 Å². The second-order valence-electron chi connectivity index (χ2n) is 4.92. The van der Waals surface area contributed by atoms with Crippen molar-refractivity contribution < 1.29 is 35.1 Å². The van der Waals surface area contributed by atoms with Gasteiger partial charge in [-0.1, -0.05) is 13.3 Å². The smallest absolute Gasteiger partial charge is 0.248 e. The number of hydrogen-bond donors (Lipinski definition) is 6. The molecular formula is C12H23NO7. The van der Waals surface area contributed by atoms with E-state index in [4.69, 9.17) is 9.84 Å². The van der Waals surface area contributed by atoms with E-state index in [0.717, 1.165) is 0 Å². The first-order valence-corrected chi connectivity index (χ1v) is 6.68. The van der Waals surface area contributed by atoms with Crippen LogP contribution in [0.25, 0.3) is 0 Å². The fourth-order valence-corrected chi connectivity index (χ4v) is 2.07. The Morgan fingerprint density at radius 2 is 1.80 bits per heavy atom. The van der Waals surface area contributed by atoms with Crippen LogP contribution in [-0.2, 0) is 9.53 Å². The molecule has 0 radical (unpaired) electrons. The lowest BCUT2D eigenvalue weighted by Gasteiger charge is -2.40. The van der Waals surface area contributed by atoms with Gasteiger partial charge in [-0.15, -0.1) is 0 Å². The molecule has 0 aromatic rings. The Labute approximate surface area is 117 Å². The Morgan fingerprint density at radius 3 is 2.35 bits per heavy atom. The first kappa shape index (κ1) is 17.3. The molecule has 0 spiro atoms. The maximum Gasteiger partial charge on any atom is 0.248 e. The number of rotatable bonds is 6. The van der Waals surface area contributed by atoms with E-state index in [1.165, 1.54) is 0 Å². The summed E-state index contributed by atoms with van der Waals surface area (Å²) in [5, 5.41) is 49.8. The second kappa shape index (κ2) is 7.87. The van der Waals surface area contributed by atoms with Gasteiger partial charge in [0, 0.05) is 6.54 Å². The zero-order chi connectivity index (χ0) is 15.3. The number of aliphatic hydroxyl groups excluding tert-OH is 5. The van der Waals surface area contributed by atoms with Gasteiger partial charge in [0.2, 0.25) is 5.91 Å². The molecule has 1 aliphatic rings. The van der Waals surface area contributed by atoms with E-state index in [1.807, 2.05) is 6.92 Å². The quantitative estimate of drug-likeness (QED) is 0.309. The average Bonchev–Trinajstić information content (AvgIpc) is 2.44. The molecule has 20 heavy (non-hydrogen) atoms. The van der Waals surface area contributed by atoms with Crippen LogP contribution in [0, 0.1) is 0 Å². The number of aliphatic hydroxyl groups is 5. The summed E-state index contributed by atoms with van der Waals surface area (Å²) in [7, 11) is 0. The lowest BCUT2D eigenvalue weighted by atomic mass is 9.95. The van der Waals surface area contributed by atoms with Crippen LogP contribution in [-0.4, -0.2) is 81.2 Å². The molecule has 6 N–H and O–H groups in total. The molecule has 1 heterocycles. The maximum absolute atomic E-state index is 11.5. The van der Waals surface area contributed by atoms with Gasteiger partial charge in [0.1, 0.15) is 36.6 Å². The van der Waals surface area contributed by atoms with E-state index < -0.39 is 49.1 Å². The van der Waals surface area contributed by atoms with Crippen molar-refractivity contribution in [1.82, 2.24) is 5.32 Å². The Hall–Kier alpha value is -0.770. The van der Waals surface area contributed by atoms with Crippen molar-refractivity contribution in [2.75, 3.05) is 13.2 Å². The zero-order valence-corrected chi connectivity index (χ0v) is 11.3. The van der Waals surface area contributed by atoms with Crippen LogP contribution in [0.15, 0.2) is 0 Å². The predicted octanol–water partition coefficient (Wildman–Crippen LogP) is -2.89. The summed E-state index contributed by atoms with van der Waals surface area (Å²) in [5.41, 5.74) is 0. The fraction of sp³-hybridized carbons (Fsp3) is 0.917. The van der Waals surface area contributed by atoms with Crippen molar-refractivity contribution in [2.45, 2.75) is 56.4 Å². The Bertz CT molecular complexity index is 312. The minimum Gasteiger partial charge on any atom is -0.394 e. The molecular weight excluding hydrogens is 270 g/mol. The third-order valence-corrected chi connectivity index (χ3v) is 3.33. The van der Waals surface area contributed by atoms with Gasteiger partial charge in [-0.05, 0) is 6.42 Å². The van der Waals surface area contributed by atoms with Gasteiger partial charge in [-0.25, -0.2) is 0 Å². The summed E-state index contributed by atoms with van der Waals surface area (Å²) in [5.74, 6) is -0.594. The highest BCUT2D eigenvalue weighted by Crippen LogP contribution is 2.20. The van der Waals surface area contributed by atoms with Gasteiger partial charge in [-0.2, -0.15) is 0 Å². The summed E-state index contributed by atoms with van der Waals surface area (Å²) in [6.07, 6.45) is -6.42. The zero-order valence-electron chi connectivity index (χ0n) is 11.3. The van der Waals surface area contributed by atoms with Gasteiger partial charge in [-0.3, -0.25) is 4.79 Å². The van der Waals surface area contributed by atoms with Gasteiger partial charge in [0.15, 0.2) is 0 Å². The van der Waals surface area contributed by atoms with Crippen LogP contribution in [0.1, 0.15) is 19.8 Å². The van der Waals surface area contributed by atoms with Gasteiger partial charge in [0.05, 0.1) is 6.61 Å². The number of hydrogen-bond acceptors (Lipinski definition) is 7. The Morgan fingerprint density at radius 1 is 1.20 bits per heavy atom. The SMILES string of the molecule is CCCC(O)C(=O)NCC1O[C@H](CO)[C@@H](O)[C@H](O)[C@H]1O. The normalized spacial score (nSPS) is 35.6. The lowest BCUT2D eigenvalue weighted by Crippen LogP contribution is -2.61. The molecule has 0 saturated carbocycles. The van der Waals surface area contributed by atoms with Crippen LogP contribution in [0.3, 0.4) is 0 Å². The number of ether oxygens (including phenoxy) is 1. The number of amides is 1. The fourth-order valence-electron chi connectivity index (χ4n) is 2.07. The molecule has 0 aliphatic carbocycles. The van der Waals surface area contributed by atoms with E-state index in [9.17, 15) is 25.2 Å². The summed E-state index contributed by atoms with van der Waals surface area (Å²) in [4.78, 5) is 11.5. The Kier molecular flexibility index (Phi) is 6.80. The molecule has 1 fully saturated rings. The molecule has 6 atom stereocenters. The minimum absolute atomic E-state index is 0.138. The van der Waals surface area contributed by atoms with Crippen molar-refractivity contribution >= 4 is 5.91 Å². The average molecular weight is 293 g/mol. The van der Waals surface area contributed by atoms with E-state index >= 15 is 0 Å². The topological polar surface area (TPSA) is 139 Å². The molecule has 0 aromatic carbocycles. The molecule has 118 valence electrons. The molecule has 1 amide bonds. The molecule has 1 rings (SSSR count). The third kappa shape index (κ3) is 4.11. The number of carbonyl (C=O) groups is 1. The van der Waals surface area contributed by atoms with Crippen LogP contribution in [0.2, 0.25) is 0 Å². The van der Waals surface area contributed by atoms with Crippen LogP contribution in [0.4, 0.5) is 0 Å². The number of nitrogens with one attached hydrogen (secondary N) is 1. The molecule has 0 aromatic heterocycles. The van der Waals surface area contributed by atoms with E-state index in [-0.39, 0.29) is 6.54 Å². The van der Waals surface area contributed by atoms with E-state index in [2.05, 4.69) is 5.32 Å². The minimum atomic E-state index is -1.47.